The lowest BCUT2D eigenvalue weighted by Gasteiger charge is -2.06. The summed E-state index contributed by atoms with van der Waals surface area (Å²) < 4.78 is 46.8. The fraction of sp³-hybridized carbons (Fsp3) is 0. The number of hydrogen-bond acceptors (Lipinski definition) is 8. The summed E-state index contributed by atoms with van der Waals surface area (Å²) in [5.74, 6) is 4.75. The summed E-state index contributed by atoms with van der Waals surface area (Å²) in [6.45, 7) is 0. The van der Waals surface area contributed by atoms with Gasteiger partial charge in [-0.25, -0.2) is 0 Å². The molecule has 40 heavy (non-hydrogen) atoms. The zero-order valence-electron chi connectivity index (χ0n) is 20.7. The van der Waals surface area contributed by atoms with Crippen molar-refractivity contribution < 1.29 is 35.3 Å². The fourth-order valence-electron chi connectivity index (χ4n) is 5.02. The Morgan fingerprint density at radius 1 is 0.250 bits per heavy atom. The van der Waals surface area contributed by atoms with Gasteiger partial charge in [0.2, 0.25) is 0 Å². The molecule has 0 N–H and O–H groups in total. The molecule has 0 fully saturated rings. The zero-order chi connectivity index (χ0) is 26.5. The topological polar surface area (TPSA) is 105 Å². The van der Waals surface area contributed by atoms with Crippen molar-refractivity contribution in [3.63, 3.8) is 0 Å². The molecular weight excluding hydrogens is 512 g/mol. The van der Waals surface area contributed by atoms with E-state index in [1.165, 1.54) is 0 Å². The molecule has 194 valence electrons. The second-order valence-corrected chi connectivity index (χ2v) is 8.94. The van der Waals surface area contributed by atoms with Gasteiger partial charge in [-0.1, -0.05) is 0 Å². The minimum atomic E-state index is 0.555. The molecule has 0 saturated heterocycles. The smallest absolute Gasteiger partial charge is 0.180 e. The third-order valence-corrected chi connectivity index (χ3v) is 6.75. The molecule has 0 aromatic carbocycles. The third kappa shape index (κ3) is 3.40. The molecule has 0 aliphatic carbocycles. The Labute approximate surface area is 225 Å². The van der Waals surface area contributed by atoms with Crippen LogP contribution in [0.1, 0.15) is 0 Å². The summed E-state index contributed by atoms with van der Waals surface area (Å²) in [5.41, 5.74) is 4.48. The van der Waals surface area contributed by atoms with Gasteiger partial charge in [-0.2, -0.15) is 0 Å². The first-order valence-corrected chi connectivity index (χ1v) is 12.4. The van der Waals surface area contributed by atoms with Gasteiger partial charge in [-0.15, -0.1) is 0 Å². The number of rotatable bonds is 7. The molecule has 8 rings (SSSR count). The van der Waals surface area contributed by atoms with E-state index >= 15 is 0 Å². The Morgan fingerprint density at radius 2 is 0.575 bits per heavy atom. The monoisotopic (exact) mass is 530 g/mol. The van der Waals surface area contributed by atoms with Crippen molar-refractivity contribution in [2.45, 2.75) is 0 Å². The van der Waals surface area contributed by atoms with Crippen molar-refractivity contribution >= 4 is 0 Å². The van der Waals surface area contributed by atoms with Crippen molar-refractivity contribution in [1.29, 1.82) is 0 Å². The van der Waals surface area contributed by atoms with E-state index in [4.69, 9.17) is 35.3 Å². The van der Waals surface area contributed by atoms with Gasteiger partial charge in [0, 0.05) is 0 Å². The highest BCUT2D eigenvalue weighted by Crippen LogP contribution is 2.47. The van der Waals surface area contributed by atoms with E-state index in [1.54, 1.807) is 56.2 Å². The quantitative estimate of drug-likeness (QED) is 0.200. The van der Waals surface area contributed by atoms with Crippen LogP contribution in [-0.2, 0) is 0 Å². The molecule has 0 unspecified atom stereocenters. The molecule has 0 atom stereocenters. The van der Waals surface area contributed by atoms with Crippen LogP contribution in [0, 0.1) is 0 Å². The normalized spacial score (nSPS) is 11.5. The highest BCUT2D eigenvalue weighted by Gasteiger charge is 2.28. The molecule has 0 aliphatic heterocycles. The van der Waals surface area contributed by atoms with Crippen LogP contribution in [0.25, 0.3) is 79.5 Å². The largest absolute Gasteiger partial charge is 0.464 e. The maximum Gasteiger partial charge on any atom is 0.180 e. The van der Waals surface area contributed by atoms with Gasteiger partial charge in [-0.3, -0.25) is 0 Å². The van der Waals surface area contributed by atoms with E-state index in [1.807, 2.05) is 54.6 Å². The molecule has 8 heteroatoms. The average molecular weight is 530 g/mol. The number of furan rings is 8. The van der Waals surface area contributed by atoms with Crippen LogP contribution in [0.3, 0.4) is 0 Å². The van der Waals surface area contributed by atoms with Crippen LogP contribution < -0.4 is 0 Å². The minimum absolute atomic E-state index is 0.555. The van der Waals surface area contributed by atoms with Crippen LogP contribution in [0.4, 0.5) is 0 Å². The van der Waals surface area contributed by atoms with Gasteiger partial charge >= 0.3 is 0 Å². The first-order valence-electron chi connectivity index (χ1n) is 12.4. The van der Waals surface area contributed by atoms with Gasteiger partial charge in [0.05, 0.1) is 83.5 Å². The van der Waals surface area contributed by atoms with Crippen LogP contribution in [0.5, 0.6) is 0 Å². The molecule has 8 heterocycles. The molecule has 0 bridgehead atoms. The van der Waals surface area contributed by atoms with Crippen molar-refractivity contribution in [3.8, 4) is 79.5 Å². The standard InChI is InChI=1S/C32H18O8/c1-3-25(33-11-1)19-5-13-35-27(19)20-6-14-36-28(20)21-7-15-37-29(21)22-8-16-38-30(22)23-9-17-39-31(23)24-10-18-40-32(24)26-4-2-12-34-26/h1-18H. The number of hydrogen-bond donors (Lipinski definition) is 0. The Bertz CT molecular complexity index is 1860. The lowest BCUT2D eigenvalue weighted by atomic mass is 9.99. The van der Waals surface area contributed by atoms with E-state index in [9.17, 15) is 0 Å². The highest BCUT2D eigenvalue weighted by atomic mass is 16.4. The van der Waals surface area contributed by atoms with Crippen LogP contribution in [0.15, 0.2) is 146 Å². The lowest BCUT2D eigenvalue weighted by Crippen LogP contribution is -1.85. The summed E-state index contributed by atoms with van der Waals surface area (Å²) in [6.07, 6.45) is 12.9. The highest BCUT2D eigenvalue weighted by molar-refractivity contribution is 5.94. The maximum atomic E-state index is 6.03. The summed E-state index contributed by atoms with van der Waals surface area (Å²) in [6, 6.07) is 18.4. The van der Waals surface area contributed by atoms with Crippen molar-refractivity contribution in [2.24, 2.45) is 0 Å². The molecule has 0 radical (unpaired) electrons. The molecule has 8 aromatic heterocycles. The Hall–Kier alpha value is -5.76. The van der Waals surface area contributed by atoms with E-state index in [-0.39, 0.29) is 0 Å². The van der Waals surface area contributed by atoms with Crippen molar-refractivity contribution in [1.82, 2.24) is 0 Å². The Morgan fingerprint density at radius 3 is 0.975 bits per heavy atom. The molecule has 0 spiro atoms. The average Bonchev–Trinajstić information content (AvgIpc) is 3.85. The van der Waals surface area contributed by atoms with Crippen molar-refractivity contribution in [3.05, 3.63) is 111 Å². The molecule has 0 amide bonds. The fourth-order valence-corrected chi connectivity index (χ4v) is 5.02. The maximum absolute atomic E-state index is 6.03. The second-order valence-electron chi connectivity index (χ2n) is 8.94. The predicted octanol–water partition coefficient (Wildman–Crippen LogP) is 10.1. The first kappa shape index (κ1) is 22.2. The van der Waals surface area contributed by atoms with Crippen molar-refractivity contribution in [2.75, 3.05) is 0 Å². The van der Waals surface area contributed by atoms with Crippen LogP contribution >= 0.6 is 0 Å². The molecule has 0 saturated carbocycles. The van der Waals surface area contributed by atoms with Crippen LogP contribution in [0.2, 0.25) is 0 Å². The van der Waals surface area contributed by atoms with Gasteiger partial charge in [0.1, 0.15) is 34.6 Å². The minimum Gasteiger partial charge on any atom is -0.464 e. The summed E-state index contributed by atoms with van der Waals surface area (Å²) in [7, 11) is 0. The zero-order valence-corrected chi connectivity index (χ0v) is 20.7. The Kier molecular flexibility index (Phi) is 4.96. The van der Waals surface area contributed by atoms with Gasteiger partial charge in [0.25, 0.3) is 0 Å². The lowest BCUT2D eigenvalue weighted by molar-refractivity contribution is 0.522. The molecular formula is C32H18O8. The molecule has 8 nitrogen and oxygen atoms in total. The molecule has 8 aromatic rings. The Balaban J connectivity index is 1.22. The SMILES string of the molecule is c1coc(-c2ccoc2-c2ccoc2-c2ccoc2-c2ccoc2-c2ccoc2-c2ccoc2-c2ccco2)c1. The van der Waals surface area contributed by atoms with Gasteiger partial charge < -0.3 is 35.3 Å². The predicted molar refractivity (Wildman–Crippen MR) is 143 cm³/mol. The second kappa shape index (κ2) is 8.92. The molecule has 0 aliphatic rings. The van der Waals surface area contributed by atoms with Crippen LogP contribution in [-0.4, -0.2) is 0 Å². The summed E-state index contributed by atoms with van der Waals surface area (Å²) in [4.78, 5) is 0. The van der Waals surface area contributed by atoms with Gasteiger partial charge in [0.15, 0.2) is 11.5 Å². The van der Waals surface area contributed by atoms with Gasteiger partial charge in [-0.05, 0) is 60.7 Å². The van der Waals surface area contributed by atoms with E-state index < -0.39 is 0 Å². The third-order valence-electron chi connectivity index (χ3n) is 6.75. The summed E-state index contributed by atoms with van der Waals surface area (Å²) in [5, 5.41) is 0. The summed E-state index contributed by atoms with van der Waals surface area (Å²) >= 11 is 0. The van der Waals surface area contributed by atoms with E-state index in [2.05, 4.69) is 0 Å². The van der Waals surface area contributed by atoms with E-state index in [0.29, 0.717) is 46.1 Å². The van der Waals surface area contributed by atoms with E-state index in [0.717, 1.165) is 33.4 Å². The first-order chi connectivity index (χ1) is 19.9.